The Morgan fingerprint density at radius 1 is 1.19 bits per heavy atom. The largest absolute Gasteiger partial charge is 0.313 e. The van der Waals surface area contributed by atoms with Crippen molar-refractivity contribution in [2.24, 2.45) is 5.92 Å². The molecule has 1 atom stereocenters. The van der Waals surface area contributed by atoms with Crippen LogP contribution >= 0.6 is 0 Å². The minimum atomic E-state index is -3.45. The van der Waals surface area contributed by atoms with Crippen molar-refractivity contribution < 1.29 is 8.42 Å². The average molecular weight is 312 g/mol. The lowest BCUT2D eigenvalue weighted by Crippen LogP contribution is -2.36. The highest BCUT2D eigenvalue weighted by molar-refractivity contribution is 7.89. The molecule has 0 amide bonds. The molecule has 5 heteroatoms. The van der Waals surface area contributed by atoms with Gasteiger partial charge < -0.3 is 5.32 Å². The van der Waals surface area contributed by atoms with E-state index in [-0.39, 0.29) is 6.04 Å². The molecule has 1 unspecified atom stereocenters. The molecule has 0 spiro atoms. The number of hydrogen-bond donors (Lipinski definition) is 1. The molecule has 0 bridgehead atoms. The number of rotatable bonds is 8. The van der Waals surface area contributed by atoms with Crippen LogP contribution < -0.4 is 5.32 Å². The van der Waals surface area contributed by atoms with Gasteiger partial charge in [0, 0.05) is 19.6 Å². The van der Waals surface area contributed by atoms with Crippen LogP contribution in [0.5, 0.6) is 0 Å². The second kappa shape index (κ2) is 7.92. The van der Waals surface area contributed by atoms with Crippen LogP contribution in [0.1, 0.15) is 39.7 Å². The summed E-state index contributed by atoms with van der Waals surface area (Å²) >= 11 is 0. The van der Waals surface area contributed by atoms with Gasteiger partial charge in [-0.15, -0.1) is 0 Å². The third-order valence-electron chi connectivity index (χ3n) is 3.63. The molecule has 0 aliphatic heterocycles. The van der Waals surface area contributed by atoms with Crippen LogP contribution in [0.2, 0.25) is 0 Å². The molecule has 120 valence electrons. The third kappa shape index (κ3) is 4.80. The third-order valence-corrected chi connectivity index (χ3v) is 5.70. The molecule has 4 nitrogen and oxygen atoms in total. The van der Waals surface area contributed by atoms with Gasteiger partial charge in [0.25, 0.3) is 0 Å². The molecule has 1 rings (SSSR count). The maximum Gasteiger partial charge on any atom is 0.243 e. The highest BCUT2D eigenvalue weighted by atomic mass is 32.2. The van der Waals surface area contributed by atoms with Crippen molar-refractivity contribution >= 4 is 10.0 Å². The minimum Gasteiger partial charge on any atom is -0.313 e. The topological polar surface area (TPSA) is 49.4 Å². The lowest BCUT2D eigenvalue weighted by atomic mass is 10.1. The van der Waals surface area contributed by atoms with Crippen molar-refractivity contribution in [1.29, 1.82) is 0 Å². The summed E-state index contributed by atoms with van der Waals surface area (Å²) in [6.45, 7) is 9.57. The lowest BCUT2D eigenvalue weighted by molar-refractivity contribution is 0.337. The predicted molar refractivity (Wildman–Crippen MR) is 87.7 cm³/mol. The Balaban J connectivity index is 3.07. The average Bonchev–Trinajstić information content (AvgIpc) is 2.43. The fourth-order valence-electron chi connectivity index (χ4n) is 2.38. The highest BCUT2D eigenvalue weighted by Gasteiger charge is 2.27. The zero-order chi connectivity index (χ0) is 16.0. The summed E-state index contributed by atoms with van der Waals surface area (Å²) < 4.78 is 27.2. The van der Waals surface area contributed by atoms with E-state index < -0.39 is 10.0 Å². The van der Waals surface area contributed by atoms with Crippen molar-refractivity contribution in [1.82, 2.24) is 9.62 Å². The van der Waals surface area contributed by atoms with E-state index in [0.717, 1.165) is 18.5 Å². The Morgan fingerprint density at radius 3 is 2.38 bits per heavy atom. The number of benzene rings is 1. The molecule has 0 fully saturated rings. The first kappa shape index (κ1) is 18.1. The summed E-state index contributed by atoms with van der Waals surface area (Å²) in [5.41, 5.74) is 0.822. The van der Waals surface area contributed by atoms with Crippen molar-refractivity contribution in [2.75, 3.05) is 13.6 Å². The molecule has 0 saturated heterocycles. The van der Waals surface area contributed by atoms with Gasteiger partial charge in [0.05, 0.1) is 4.90 Å². The predicted octanol–water partition coefficient (Wildman–Crippen LogP) is 2.85. The van der Waals surface area contributed by atoms with Crippen LogP contribution in [0.3, 0.4) is 0 Å². The van der Waals surface area contributed by atoms with E-state index in [4.69, 9.17) is 0 Å². The summed E-state index contributed by atoms with van der Waals surface area (Å²) in [5, 5.41) is 3.19. The molecule has 21 heavy (non-hydrogen) atoms. The smallest absolute Gasteiger partial charge is 0.243 e. The Morgan fingerprint density at radius 2 is 1.81 bits per heavy atom. The second-order valence-corrected chi connectivity index (χ2v) is 7.85. The Bertz CT molecular complexity index is 541. The maximum atomic E-state index is 12.8. The molecule has 1 N–H and O–H groups in total. The van der Waals surface area contributed by atoms with Crippen molar-refractivity contribution in [3.8, 4) is 0 Å². The molecule has 0 heterocycles. The molecule has 0 aliphatic rings. The van der Waals surface area contributed by atoms with E-state index in [2.05, 4.69) is 19.2 Å². The van der Waals surface area contributed by atoms with Crippen molar-refractivity contribution in [3.05, 3.63) is 29.8 Å². The molecule has 0 aromatic heterocycles. The van der Waals surface area contributed by atoms with Gasteiger partial charge in [0.2, 0.25) is 10.0 Å². The van der Waals surface area contributed by atoms with E-state index in [1.54, 1.807) is 19.2 Å². The number of hydrogen-bond acceptors (Lipinski definition) is 3. The molecule has 1 aromatic carbocycles. The second-order valence-electron chi connectivity index (χ2n) is 5.89. The molecular formula is C16H28N2O2S. The summed E-state index contributed by atoms with van der Waals surface area (Å²) in [4.78, 5) is 0.407. The van der Waals surface area contributed by atoms with Gasteiger partial charge in [0.1, 0.15) is 0 Å². The van der Waals surface area contributed by atoms with E-state index in [0.29, 0.717) is 17.4 Å². The Labute approximate surface area is 129 Å². The molecule has 1 aromatic rings. The fraction of sp³-hybridized carbons (Fsp3) is 0.625. The monoisotopic (exact) mass is 312 g/mol. The van der Waals surface area contributed by atoms with Gasteiger partial charge >= 0.3 is 0 Å². The van der Waals surface area contributed by atoms with E-state index >= 15 is 0 Å². The minimum absolute atomic E-state index is 0.0119. The highest BCUT2D eigenvalue weighted by Crippen LogP contribution is 2.23. The van der Waals surface area contributed by atoms with Crippen LogP contribution in [-0.2, 0) is 16.6 Å². The summed E-state index contributed by atoms with van der Waals surface area (Å²) in [6.07, 6.45) is 0.852. The standard InChI is InChI=1S/C16H28N2O2S/c1-6-17-12-15-9-7-8-10-16(15)21(19,20)18(5)14(4)11-13(2)3/h7-10,13-14,17H,6,11-12H2,1-5H3. The molecule has 0 aliphatic carbocycles. The van der Waals surface area contributed by atoms with Crippen LogP contribution in [0.25, 0.3) is 0 Å². The van der Waals surface area contributed by atoms with Gasteiger partial charge in [0.15, 0.2) is 0 Å². The van der Waals surface area contributed by atoms with Gasteiger partial charge in [-0.2, -0.15) is 4.31 Å². The van der Waals surface area contributed by atoms with E-state index in [9.17, 15) is 8.42 Å². The lowest BCUT2D eigenvalue weighted by Gasteiger charge is -2.26. The number of sulfonamides is 1. The fourth-order valence-corrected chi connectivity index (χ4v) is 3.98. The van der Waals surface area contributed by atoms with Crippen molar-refractivity contribution in [3.63, 3.8) is 0 Å². The van der Waals surface area contributed by atoms with Gasteiger partial charge in [-0.05, 0) is 37.4 Å². The number of nitrogens with one attached hydrogen (secondary N) is 1. The van der Waals surface area contributed by atoms with Gasteiger partial charge in [-0.3, -0.25) is 0 Å². The van der Waals surface area contributed by atoms with E-state index in [1.807, 2.05) is 26.0 Å². The zero-order valence-electron chi connectivity index (χ0n) is 13.8. The van der Waals surface area contributed by atoms with Crippen LogP contribution in [0.15, 0.2) is 29.2 Å². The zero-order valence-corrected chi connectivity index (χ0v) is 14.6. The first-order valence-corrected chi connectivity index (χ1v) is 9.01. The summed E-state index contributed by atoms with van der Waals surface area (Å²) in [7, 11) is -1.78. The maximum absolute atomic E-state index is 12.8. The van der Waals surface area contributed by atoms with E-state index in [1.165, 1.54) is 4.31 Å². The Hall–Kier alpha value is -0.910. The molecule has 0 saturated carbocycles. The van der Waals surface area contributed by atoms with Gasteiger partial charge in [-0.25, -0.2) is 8.42 Å². The first-order valence-electron chi connectivity index (χ1n) is 7.57. The molecule has 0 radical (unpaired) electrons. The van der Waals surface area contributed by atoms with Crippen LogP contribution in [0, 0.1) is 5.92 Å². The van der Waals surface area contributed by atoms with Crippen molar-refractivity contribution in [2.45, 2.75) is 51.6 Å². The molecular weight excluding hydrogens is 284 g/mol. The quantitative estimate of drug-likeness (QED) is 0.803. The van der Waals surface area contributed by atoms with Crippen LogP contribution in [-0.4, -0.2) is 32.4 Å². The van der Waals surface area contributed by atoms with Gasteiger partial charge in [-0.1, -0.05) is 39.0 Å². The van der Waals surface area contributed by atoms with Crippen LogP contribution in [0.4, 0.5) is 0 Å². The normalized spacial score (nSPS) is 13.9. The summed E-state index contributed by atoms with van der Waals surface area (Å²) in [5.74, 6) is 0.467. The first-order chi connectivity index (χ1) is 9.80. The SMILES string of the molecule is CCNCc1ccccc1S(=O)(=O)N(C)C(C)CC(C)C. The number of nitrogens with zero attached hydrogens (tertiary/aromatic N) is 1. The Kier molecular flexibility index (Phi) is 6.84. The summed E-state index contributed by atoms with van der Waals surface area (Å²) in [6, 6.07) is 7.21.